The van der Waals surface area contributed by atoms with E-state index >= 15 is 0 Å². The van der Waals surface area contributed by atoms with Gasteiger partial charge in [-0.3, -0.25) is 4.90 Å². The highest BCUT2D eigenvalue weighted by Gasteiger charge is 2.18. The zero-order chi connectivity index (χ0) is 11.3. The molecule has 0 amide bonds. The average molecular weight is 204 g/mol. The van der Waals surface area contributed by atoms with Crippen LogP contribution in [-0.4, -0.2) is 18.0 Å². The van der Waals surface area contributed by atoms with Gasteiger partial charge in [0.25, 0.3) is 0 Å². The van der Waals surface area contributed by atoms with E-state index in [0.717, 1.165) is 13.1 Å². The molecule has 1 aromatic carbocycles. The summed E-state index contributed by atoms with van der Waals surface area (Å²) in [5.41, 5.74) is 7.81. The Morgan fingerprint density at radius 2 is 1.80 bits per heavy atom. The monoisotopic (exact) mass is 204 g/mol. The molecule has 1 aromatic rings. The van der Waals surface area contributed by atoms with Gasteiger partial charge < -0.3 is 5.73 Å². The summed E-state index contributed by atoms with van der Waals surface area (Å²) < 4.78 is 0. The highest BCUT2D eigenvalue weighted by Crippen LogP contribution is 2.23. The second-order valence-electron chi connectivity index (χ2n) is 3.61. The summed E-state index contributed by atoms with van der Waals surface area (Å²) in [5, 5.41) is 0. The molecule has 0 aliphatic rings. The van der Waals surface area contributed by atoms with Crippen molar-refractivity contribution in [3.8, 4) is 0 Å². The Balaban J connectivity index is 2.97. The van der Waals surface area contributed by atoms with Crippen molar-refractivity contribution in [2.75, 3.05) is 13.1 Å². The van der Waals surface area contributed by atoms with Crippen molar-refractivity contribution in [1.82, 2.24) is 4.90 Å². The zero-order valence-electron chi connectivity index (χ0n) is 9.61. The summed E-state index contributed by atoms with van der Waals surface area (Å²) in [6.45, 7) is 10.1. The Hall–Kier alpha value is -1.28. The van der Waals surface area contributed by atoms with E-state index < -0.39 is 0 Å². The lowest BCUT2D eigenvalue weighted by molar-refractivity contribution is 0.246. The molecular weight excluding hydrogens is 184 g/mol. The Kier molecular flexibility index (Phi) is 4.37. The second-order valence-corrected chi connectivity index (χ2v) is 3.61. The number of nitrogens with two attached hydrogens (primary N) is 1. The molecule has 0 bridgehead atoms. The summed E-state index contributed by atoms with van der Waals surface area (Å²) in [7, 11) is 0. The summed E-state index contributed by atoms with van der Waals surface area (Å²) in [6, 6.07) is 10.4. The van der Waals surface area contributed by atoms with Crippen molar-refractivity contribution in [3.05, 3.63) is 48.2 Å². The molecule has 2 N–H and O–H groups in total. The SMILES string of the molecule is C=C(N)C(c1ccccc1)N(CC)CC. The Bertz CT molecular complexity index is 302. The molecule has 0 aliphatic heterocycles. The van der Waals surface area contributed by atoms with Crippen molar-refractivity contribution in [2.24, 2.45) is 5.73 Å². The van der Waals surface area contributed by atoms with Gasteiger partial charge in [0.2, 0.25) is 0 Å². The fourth-order valence-corrected chi connectivity index (χ4v) is 1.88. The average Bonchev–Trinajstić information content (AvgIpc) is 2.26. The molecule has 82 valence electrons. The molecule has 0 fully saturated rings. The van der Waals surface area contributed by atoms with E-state index in [1.807, 2.05) is 18.2 Å². The van der Waals surface area contributed by atoms with E-state index in [0.29, 0.717) is 5.70 Å². The third-order valence-electron chi connectivity index (χ3n) is 2.64. The van der Waals surface area contributed by atoms with Crippen molar-refractivity contribution in [3.63, 3.8) is 0 Å². The largest absolute Gasteiger partial charge is 0.401 e. The van der Waals surface area contributed by atoms with E-state index in [1.54, 1.807) is 0 Å². The van der Waals surface area contributed by atoms with Gasteiger partial charge in [-0.2, -0.15) is 0 Å². The van der Waals surface area contributed by atoms with Gasteiger partial charge in [-0.15, -0.1) is 0 Å². The standard InChI is InChI=1S/C13H20N2/c1-4-15(5-2)13(11(3)14)12-9-7-6-8-10-12/h6-10,13H,3-5,14H2,1-2H3. The fraction of sp³-hybridized carbons (Fsp3) is 0.385. The highest BCUT2D eigenvalue weighted by atomic mass is 15.2. The minimum Gasteiger partial charge on any atom is -0.401 e. The van der Waals surface area contributed by atoms with Crippen molar-refractivity contribution < 1.29 is 0 Å². The van der Waals surface area contributed by atoms with E-state index in [9.17, 15) is 0 Å². The fourth-order valence-electron chi connectivity index (χ4n) is 1.88. The Morgan fingerprint density at radius 3 is 2.20 bits per heavy atom. The molecular formula is C13H20N2. The molecule has 0 aliphatic carbocycles. The van der Waals surface area contributed by atoms with Crippen LogP contribution in [-0.2, 0) is 0 Å². The van der Waals surface area contributed by atoms with Crippen LogP contribution in [0, 0.1) is 0 Å². The molecule has 2 heteroatoms. The first kappa shape index (κ1) is 11.8. The normalized spacial score (nSPS) is 12.7. The second kappa shape index (κ2) is 5.56. The van der Waals surface area contributed by atoms with Gasteiger partial charge in [-0.25, -0.2) is 0 Å². The molecule has 0 radical (unpaired) electrons. The predicted octanol–water partition coefficient (Wildman–Crippen LogP) is 2.54. The van der Waals surface area contributed by atoms with Gasteiger partial charge in [0.15, 0.2) is 0 Å². The van der Waals surface area contributed by atoms with Crippen LogP contribution in [0.3, 0.4) is 0 Å². The van der Waals surface area contributed by atoms with E-state index in [4.69, 9.17) is 5.73 Å². The van der Waals surface area contributed by atoms with Gasteiger partial charge in [-0.05, 0) is 18.7 Å². The minimum atomic E-state index is 0.140. The van der Waals surface area contributed by atoms with Crippen LogP contribution < -0.4 is 5.73 Å². The summed E-state index contributed by atoms with van der Waals surface area (Å²) in [6.07, 6.45) is 0. The first-order valence-corrected chi connectivity index (χ1v) is 5.44. The third kappa shape index (κ3) is 2.83. The number of benzene rings is 1. The van der Waals surface area contributed by atoms with Crippen LogP contribution in [0.2, 0.25) is 0 Å². The number of likely N-dealkylation sites (N-methyl/N-ethyl adjacent to an activating group) is 1. The number of rotatable bonds is 5. The van der Waals surface area contributed by atoms with Crippen LogP contribution in [0.15, 0.2) is 42.6 Å². The Labute approximate surface area is 92.4 Å². The maximum atomic E-state index is 5.88. The molecule has 0 heterocycles. The van der Waals surface area contributed by atoms with E-state index in [1.165, 1.54) is 5.56 Å². The minimum absolute atomic E-state index is 0.140. The molecule has 2 nitrogen and oxygen atoms in total. The number of hydrogen-bond donors (Lipinski definition) is 1. The molecule has 0 spiro atoms. The van der Waals surface area contributed by atoms with Crippen LogP contribution in [0.25, 0.3) is 0 Å². The Morgan fingerprint density at radius 1 is 1.27 bits per heavy atom. The topological polar surface area (TPSA) is 29.3 Å². The molecule has 1 rings (SSSR count). The zero-order valence-corrected chi connectivity index (χ0v) is 9.61. The van der Waals surface area contributed by atoms with Gasteiger partial charge in [0, 0.05) is 5.70 Å². The van der Waals surface area contributed by atoms with Gasteiger partial charge in [-0.1, -0.05) is 50.8 Å². The van der Waals surface area contributed by atoms with Crippen molar-refractivity contribution in [2.45, 2.75) is 19.9 Å². The quantitative estimate of drug-likeness (QED) is 0.798. The smallest absolute Gasteiger partial charge is 0.0742 e. The third-order valence-corrected chi connectivity index (χ3v) is 2.64. The van der Waals surface area contributed by atoms with Gasteiger partial charge in [0.1, 0.15) is 0 Å². The maximum Gasteiger partial charge on any atom is 0.0742 e. The molecule has 0 saturated carbocycles. The number of hydrogen-bond acceptors (Lipinski definition) is 2. The van der Waals surface area contributed by atoms with Crippen LogP contribution in [0.1, 0.15) is 25.5 Å². The maximum absolute atomic E-state index is 5.88. The lowest BCUT2D eigenvalue weighted by atomic mass is 10.0. The van der Waals surface area contributed by atoms with E-state index in [2.05, 4.69) is 37.5 Å². The summed E-state index contributed by atoms with van der Waals surface area (Å²) in [5.74, 6) is 0. The lowest BCUT2D eigenvalue weighted by Crippen LogP contribution is -2.31. The lowest BCUT2D eigenvalue weighted by Gasteiger charge is -2.30. The first-order valence-electron chi connectivity index (χ1n) is 5.44. The van der Waals surface area contributed by atoms with Crippen LogP contribution in [0.5, 0.6) is 0 Å². The first-order chi connectivity index (χ1) is 7.20. The van der Waals surface area contributed by atoms with Crippen LogP contribution >= 0.6 is 0 Å². The molecule has 0 aromatic heterocycles. The van der Waals surface area contributed by atoms with Gasteiger partial charge in [0.05, 0.1) is 6.04 Å². The number of nitrogens with zero attached hydrogens (tertiary/aromatic N) is 1. The molecule has 0 saturated heterocycles. The molecule has 1 atom stereocenters. The van der Waals surface area contributed by atoms with Crippen LogP contribution in [0.4, 0.5) is 0 Å². The van der Waals surface area contributed by atoms with Crippen molar-refractivity contribution in [1.29, 1.82) is 0 Å². The predicted molar refractivity (Wildman–Crippen MR) is 65.4 cm³/mol. The summed E-state index contributed by atoms with van der Waals surface area (Å²) in [4.78, 5) is 2.30. The van der Waals surface area contributed by atoms with E-state index in [-0.39, 0.29) is 6.04 Å². The van der Waals surface area contributed by atoms with Crippen molar-refractivity contribution >= 4 is 0 Å². The highest BCUT2D eigenvalue weighted by molar-refractivity contribution is 5.25. The molecule has 1 unspecified atom stereocenters. The molecule has 15 heavy (non-hydrogen) atoms. The van der Waals surface area contributed by atoms with Gasteiger partial charge >= 0.3 is 0 Å². The summed E-state index contributed by atoms with van der Waals surface area (Å²) >= 11 is 0.